The Hall–Kier alpha value is -0.430. The van der Waals surface area contributed by atoms with Crippen LogP contribution >= 0.6 is 11.3 Å². The van der Waals surface area contributed by atoms with E-state index in [-0.39, 0.29) is 18.0 Å². The van der Waals surface area contributed by atoms with Gasteiger partial charge >= 0.3 is 0 Å². The maximum atomic E-state index is 12.7. The number of sulfonamides is 1. The van der Waals surface area contributed by atoms with Crippen molar-refractivity contribution in [3.05, 3.63) is 15.8 Å². The summed E-state index contributed by atoms with van der Waals surface area (Å²) >= 11 is 1.42. The van der Waals surface area contributed by atoms with Crippen LogP contribution in [0.15, 0.2) is 10.3 Å². The fourth-order valence-electron chi connectivity index (χ4n) is 2.95. The number of rotatable bonds is 4. The molecule has 1 aliphatic carbocycles. The van der Waals surface area contributed by atoms with Gasteiger partial charge in [0.2, 0.25) is 10.0 Å². The fourth-order valence-corrected chi connectivity index (χ4v) is 6.09. The highest BCUT2D eigenvalue weighted by molar-refractivity contribution is 7.89. The maximum absolute atomic E-state index is 12.7. The van der Waals surface area contributed by atoms with Gasteiger partial charge in [0.15, 0.2) is 0 Å². The lowest BCUT2D eigenvalue weighted by Crippen LogP contribution is -2.46. The van der Waals surface area contributed by atoms with Gasteiger partial charge in [-0.15, -0.1) is 11.3 Å². The third kappa shape index (κ3) is 3.08. The molecule has 114 valence electrons. The van der Waals surface area contributed by atoms with Gasteiger partial charge in [-0.1, -0.05) is 26.7 Å². The Morgan fingerprint density at radius 1 is 1.45 bits per heavy atom. The molecule has 0 aromatic carbocycles. The Balaban J connectivity index is 2.29. The quantitative estimate of drug-likeness (QED) is 0.897. The Bertz CT molecular complexity index is 576. The molecular weight excluding hydrogens is 292 g/mol. The molecular formula is C14H24N2O2S2. The van der Waals surface area contributed by atoms with Crippen molar-refractivity contribution in [3.63, 3.8) is 0 Å². The third-order valence-electron chi connectivity index (χ3n) is 4.25. The number of aryl methyl sites for hydroxylation is 1. The molecule has 6 heteroatoms. The van der Waals surface area contributed by atoms with Crippen molar-refractivity contribution < 1.29 is 8.42 Å². The molecule has 1 aromatic heterocycles. The maximum Gasteiger partial charge on any atom is 0.242 e. The SMILES string of the molecule is Cc1csc(CN)c1S(=O)(=O)NC1CCCCC1(C)C. The van der Waals surface area contributed by atoms with Crippen LogP contribution in [0.1, 0.15) is 50.0 Å². The van der Waals surface area contributed by atoms with Crippen LogP contribution in [0.25, 0.3) is 0 Å². The zero-order valence-electron chi connectivity index (χ0n) is 12.4. The Labute approximate surface area is 125 Å². The molecule has 1 fully saturated rings. The average Bonchev–Trinajstić information content (AvgIpc) is 2.73. The van der Waals surface area contributed by atoms with Crippen molar-refractivity contribution in [1.29, 1.82) is 0 Å². The van der Waals surface area contributed by atoms with E-state index in [1.165, 1.54) is 17.8 Å². The summed E-state index contributed by atoms with van der Waals surface area (Å²) in [6, 6.07) is 0.00572. The number of thiophene rings is 1. The van der Waals surface area contributed by atoms with Crippen molar-refractivity contribution in [2.24, 2.45) is 11.1 Å². The summed E-state index contributed by atoms with van der Waals surface area (Å²) in [6.45, 7) is 6.38. The molecule has 3 N–H and O–H groups in total. The summed E-state index contributed by atoms with van der Waals surface area (Å²) in [7, 11) is -3.48. The van der Waals surface area contributed by atoms with Gasteiger partial charge < -0.3 is 5.73 Å². The summed E-state index contributed by atoms with van der Waals surface area (Å²) in [5.41, 5.74) is 6.47. The van der Waals surface area contributed by atoms with Crippen LogP contribution < -0.4 is 10.5 Å². The van der Waals surface area contributed by atoms with Gasteiger partial charge in [0.25, 0.3) is 0 Å². The molecule has 1 saturated carbocycles. The van der Waals surface area contributed by atoms with Crippen molar-refractivity contribution in [1.82, 2.24) is 4.72 Å². The van der Waals surface area contributed by atoms with Gasteiger partial charge in [-0.25, -0.2) is 13.1 Å². The predicted molar refractivity (Wildman–Crippen MR) is 83.3 cm³/mol. The second kappa shape index (κ2) is 5.75. The molecule has 4 nitrogen and oxygen atoms in total. The van der Waals surface area contributed by atoms with Crippen LogP contribution in [0.3, 0.4) is 0 Å². The monoisotopic (exact) mass is 316 g/mol. The van der Waals surface area contributed by atoms with Gasteiger partial charge in [-0.05, 0) is 36.1 Å². The van der Waals surface area contributed by atoms with Crippen LogP contribution in [-0.4, -0.2) is 14.5 Å². The van der Waals surface area contributed by atoms with Crippen molar-refractivity contribution >= 4 is 21.4 Å². The van der Waals surface area contributed by atoms with Crippen LogP contribution in [0.2, 0.25) is 0 Å². The Kier molecular flexibility index (Phi) is 4.59. The van der Waals surface area contributed by atoms with Crippen LogP contribution in [0, 0.1) is 12.3 Å². The minimum Gasteiger partial charge on any atom is -0.326 e. The smallest absolute Gasteiger partial charge is 0.242 e. The van der Waals surface area contributed by atoms with E-state index in [4.69, 9.17) is 5.73 Å². The van der Waals surface area contributed by atoms with E-state index in [1.807, 2.05) is 12.3 Å². The van der Waals surface area contributed by atoms with E-state index in [1.54, 1.807) is 0 Å². The lowest BCUT2D eigenvalue weighted by Gasteiger charge is -2.38. The highest BCUT2D eigenvalue weighted by Gasteiger charge is 2.36. The summed E-state index contributed by atoms with van der Waals surface area (Å²) in [6.07, 6.45) is 4.24. The lowest BCUT2D eigenvalue weighted by atomic mass is 9.74. The standard InChI is InChI=1S/C14H24N2O2S2/c1-10-9-19-11(8-15)13(10)20(17,18)16-12-6-4-5-7-14(12,2)3/h9,12,16H,4-8,15H2,1-3H3. The number of nitrogens with two attached hydrogens (primary N) is 1. The first-order valence-electron chi connectivity index (χ1n) is 7.07. The molecule has 1 atom stereocenters. The van der Waals surface area contributed by atoms with Crippen LogP contribution in [0.4, 0.5) is 0 Å². The molecule has 2 rings (SSSR count). The topological polar surface area (TPSA) is 72.2 Å². The molecule has 1 heterocycles. The predicted octanol–water partition coefficient (Wildman–Crippen LogP) is 2.76. The largest absolute Gasteiger partial charge is 0.326 e. The van der Waals surface area contributed by atoms with Crippen LogP contribution in [0.5, 0.6) is 0 Å². The normalized spacial score (nSPS) is 22.9. The van der Waals surface area contributed by atoms with Gasteiger partial charge in [0.05, 0.1) is 0 Å². The van der Waals surface area contributed by atoms with E-state index < -0.39 is 10.0 Å². The number of hydrogen-bond donors (Lipinski definition) is 2. The zero-order chi connectivity index (χ0) is 15.0. The van der Waals surface area contributed by atoms with Gasteiger partial charge in [0, 0.05) is 17.5 Å². The molecule has 0 spiro atoms. The summed E-state index contributed by atoms with van der Waals surface area (Å²) in [5, 5.41) is 1.86. The summed E-state index contributed by atoms with van der Waals surface area (Å²) in [5.74, 6) is 0. The number of nitrogens with one attached hydrogen (secondary N) is 1. The van der Waals surface area contributed by atoms with Crippen LogP contribution in [-0.2, 0) is 16.6 Å². The lowest BCUT2D eigenvalue weighted by molar-refractivity contribution is 0.188. The van der Waals surface area contributed by atoms with E-state index in [9.17, 15) is 8.42 Å². The molecule has 0 saturated heterocycles. The first kappa shape index (κ1) is 15.9. The molecule has 1 aromatic rings. The molecule has 0 aliphatic heterocycles. The van der Waals surface area contributed by atoms with Crippen molar-refractivity contribution in [3.8, 4) is 0 Å². The van der Waals surface area contributed by atoms with Crippen molar-refractivity contribution in [2.75, 3.05) is 0 Å². The van der Waals surface area contributed by atoms with Gasteiger partial charge in [-0.3, -0.25) is 0 Å². The Morgan fingerprint density at radius 3 is 2.75 bits per heavy atom. The van der Waals surface area contributed by atoms with Gasteiger partial charge in [-0.2, -0.15) is 0 Å². The molecule has 0 amide bonds. The first-order valence-corrected chi connectivity index (χ1v) is 9.43. The number of hydrogen-bond acceptors (Lipinski definition) is 4. The average molecular weight is 316 g/mol. The summed E-state index contributed by atoms with van der Waals surface area (Å²) in [4.78, 5) is 1.13. The Morgan fingerprint density at radius 2 is 2.15 bits per heavy atom. The molecule has 20 heavy (non-hydrogen) atoms. The second-order valence-electron chi connectivity index (χ2n) is 6.28. The zero-order valence-corrected chi connectivity index (χ0v) is 14.0. The van der Waals surface area contributed by atoms with Gasteiger partial charge in [0.1, 0.15) is 4.90 Å². The van der Waals surface area contributed by atoms with E-state index >= 15 is 0 Å². The second-order valence-corrected chi connectivity index (χ2v) is 8.90. The highest BCUT2D eigenvalue weighted by atomic mass is 32.2. The molecule has 1 aliphatic rings. The van der Waals surface area contributed by atoms with E-state index in [0.717, 1.165) is 29.7 Å². The first-order chi connectivity index (χ1) is 9.28. The van der Waals surface area contributed by atoms with E-state index in [0.29, 0.717) is 4.90 Å². The molecule has 0 bridgehead atoms. The fraction of sp³-hybridized carbons (Fsp3) is 0.714. The molecule has 0 radical (unpaired) electrons. The minimum absolute atomic E-state index is 0.00572. The summed E-state index contributed by atoms with van der Waals surface area (Å²) < 4.78 is 28.3. The highest BCUT2D eigenvalue weighted by Crippen LogP contribution is 2.37. The van der Waals surface area contributed by atoms with Crippen molar-refractivity contribution in [2.45, 2.75) is 63.9 Å². The van der Waals surface area contributed by atoms with E-state index in [2.05, 4.69) is 18.6 Å². The molecule has 1 unspecified atom stereocenters. The third-order valence-corrected chi connectivity index (χ3v) is 7.20. The minimum atomic E-state index is -3.48.